The molecule has 1 N–H and O–H groups in total. The molecule has 35 heavy (non-hydrogen) atoms. The Hall–Kier alpha value is -3.17. The second kappa shape index (κ2) is 9.83. The summed E-state index contributed by atoms with van der Waals surface area (Å²) in [6, 6.07) is 3.78. The van der Waals surface area contributed by atoms with Gasteiger partial charge in [0.05, 0.1) is 49.1 Å². The van der Waals surface area contributed by atoms with E-state index >= 15 is 0 Å². The summed E-state index contributed by atoms with van der Waals surface area (Å²) in [7, 11) is 0. The van der Waals surface area contributed by atoms with Crippen LogP contribution in [0.1, 0.15) is 58.3 Å². The number of hydrogen-bond donors (Lipinski definition) is 1. The quantitative estimate of drug-likeness (QED) is 0.561. The molecule has 182 valence electrons. The monoisotopic (exact) mass is 474 g/mol. The van der Waals surface area contributed by atoms with Gasteiger partial charge < -0.3 is 14.8 Å². The van der Waals surface area contributed by atoms with Gasteiger partial charge in [-0.25, -0.2) is 4.98 Å². The molecule has 6 rings (SSSR count). The van der Waals surface area contributed by atoms with Crippen LogP contribution in [-0.2, 0) is 35.3 Å². The number of aryl methyl sites for hydroxylation is 2. The van der Waals surface area contributed by atoms with E-state index in [1.54, 1.807) is 6.07 Å². The number of amides is 1. The van der Waals surface area contributed by atoms with Gasteiger partial charge in [-0.05, 0) is 49.8 Å². The molecule has 0 radical (unpaired) electrons. The van der Waals surface area contributed by atoms with E-state index in [2.05, 4.69) is 21.5 Å². The zero-order valence-corrected chi connectivity index (χ0v) is 19.8. The molecule has 3 aliphatic rings. The molecule has 3 aromatic rings. The molecule has 9 heteroatoms. The fourth-order valence-corrected chi connectivity index (χ4v) is 4.78. The molecule has 0 unspecified atom stereocenters. The Labute approximate surface area is 204 Å². The number of carbonyl (C=O) groups excluding carboxylic acids is 1. The summed E-state index contributed by atoms with van der Waals surface area (Å²) in [4.78, 5) is 26.5. The highest BCUT2D eigenvalue weighted by molar-refractivity contribution is 5.92. The molecule has 0 aromatic carbocycles. The molecule has 1 amide bonds. The second-order valence-electron chi connectivity index (χ2n) is 9.55. The molecule has 0 spiro atoms. The Morgan fingerprint density at radius 2 is 2.09 bits per heavy atom. The van der Waals surface area contributed by atoms with Crippen molar-refractivity contribution in [1.29, 1.82) is 0 Å². The third-order valence-corrected chi connectivity index (χ3v) is 6.82. The zero-order valence-electron chi connectivity index (χ0n) is 19.8. The van der Waals surface area contributed by atoms with Gasteiger partial charge in [-0.1, -0.05) is 0 Å². The van der Waals surface area contributed by atoms with Gasteiger partial charge in [0.15, 0.2) is 0 Å². The first-order valence-electron chi connectivity index (χ1n) is 12.6. The minimum absolute atomic E-state index is 0.0260. The second-order valence-corrected chi connectivity index (χ2v) is 9.55. The predicted octanol–water partition coefficient (Wildman–Crippen LogP) is 2.49. The van der Waals surface area contributed by atoms with E-state index in [9.17, 15) is 4.79 Å². The van der Waals surface area contributed by atoms with Crippen LogP contribution < -0.4 is 5.32 Å². The lowest BCUT2D eigenvalue weighted by atomic mass is 10.1. The summed E-state index contributed by atoms with van der Waals surface area (Å²) in [5.74, 6) is 0.431. The Morgan fingerprint density at radius 1 is 1.14 bits per heavy atom. The van der Waals surface area contributed by atoms with Gasteiger partial charge in [-0.2, -0.15) is 5.10 Å². The average molecular weight is 475 g/mol. The van der Waals surface area contributed by atoms with Crippen molar-refractivity contribution >= 4 is 5.91 Å². The van der Waals surface area contributed by atoms with E-state index in [1.807, 2.05) is 23.1 Å². The first-order valence-corrected chi connectivity index (χ1v) is 12.6. The van der Waals surface area contributed by atoms with Crippen LogP contribution in [0, 0.1) is 0 Å². The normalized spacial score (nSPS) is 19.5. The van der Waals surface area contributed by atoms with E-state index in [0.29, 0.717) is 50.9 Å². The van der Waals surface area contributed by atoms with Gasteiger partial charge in [0, 0.05) is 43.0 Å². The van der Waals surface area contributed by atoms with Crippen LogP contribution in [0.4, 0.5) is 0 Å². The lowest BCUT2D eigenvalue weighted by Gasteiger charge is -2.22. The van der Waals surface area contributed by atoms with Crippen molar-refractivity contribution < 1.29 is 14.3 Å². The number of pyridine rings is 1. The average Bonchev–Trinajstić information content (AvgIpc) is 3.69. The number of carbonyl (C=O) groups is 1. The van der Waals surface area contributed by atoms with E-state index in [0.717, 1.165) is 47.6 Å². The van der Waals surface area contributed by atoms with Crippen molar-refractivity contribution in [2.24, 2.45) is 0 Å². The summed E-state index contributed by atoms with van der Waals surface area (Å²) in [5.41, 5.74) is 6.53. The van der Waals surface area contributed by atoms with Crippen molar-refractivity contribution in [3.05, 3.63) is 59.1 Å². The Bertz CT molecular complexity index is 1200. The Morgan fingerprint density at radius 3 is 2.89 bits per heavy atom. The molecule has 9 nitrogen and oxygen atoms in total. The number of nitrogens with one attached hydrogen (secondary N) is 1. The Balaban J connectivity index is 1.10. The highest BCUT2D eigenvalue weighted by Gasteiger charge is 2.25. The topological polar surface area (TPSA) is 104 Å². The molecular formula is C26H30N6O3. The minimum Gasteiger partial charge on any atom is -0.376 e. The fraction of sp³-hybridized carbons (Fsp3) is 0.500. The van der Waals surface area contributed by atoms with Gasteiger partial charge in [0.25, 0.3) is 5.91 Å². The van der Waals surface area contributed by atoms with Crippen molar-refractivity contribution in [3.8, 4) is 11.3 Å². The van der Waals surface area contributed by atoms with E-state index in [-0.39, 0.29) is 12.0 Å². The molecule has 4 heterocycles. The Kier molecular flexibility index (Phi) is 6.26. The van der Waals surface area contributed by atoms with E-state index in [1.165, 1.54) is 18.4 Å². The van der Waals surface area contributed by atoms with E-state index < -0.39 is 0 Å². The number of nitrogens with zero attached hydrogens (tertiary/aromatic N) is 5. The van der Waals surface area contributed by atoms with Gasteiger partial charge in [-0.15, -0.1) is 0 Å². The highest BCUT2D eigenvalue weighted by Crippen LogP contribution is 2.38. The van der Waals surface area contributed by atoms with Gasteiger partial charge in [-0.3, -0.25) is 19.4 Å². The lowest BCUT2D eigenvalue weighted by molar-refractivity contribution is -0.0946. The summed E-state index contributed by atoms with van der Waals surface area (Å²) in [6.07, 6.45) is 11.6. The maximum Gasteiger partial charge on any atom is 0.269 e. The van der Waals surface area contributed by atoms with Crippen LogP contribution in [0.15, 0.2) is 30.7 Å². The lowest BCUT2D eigenvalue weighted by Crippen LogP contribution is -2.32. The third kappa shape index (κ3) is 5.11. The summed E-state index contributed by atoms with van der Waals surface area (Å²) in [5, 5.41) is 7.83. The number of hydrogen-bond acceptors (Lipinski definition) is 7. The maximum absolute atomic E-state index is 12.8. The zero-order chi connectivity index (χ0) is 23.6. The molecule has 3 aromatic heterocycles. The SMILES string of the molecule is O=C(NCCc1cnc(C2CC2)cn1)c1ccc2c(n1)CCCc1cn(C[C@H]3COCCO3)nc1-2. The minimum atomic E-state index is -0.167. The van der Waals surface area contributed by atoms with Gasteiger partial charge in [0.1, 0.15) is 11.8 Å². The smallest absolute Gasteiger partial charge is 0.269 e. The molecule has 2 aliphatic carbocycles. The van der Waals surface area contributed by atoms with Crippen molar-refractivity contribution in [1.82, 2.24) is 30.0 Å². The standard InChI is InChI=1S/C26H30N6O3/c33-26(27-9-8-19-12-29-24(13-28-19)17-4-5-17)23-7-6-21-22(30-23)3-1-2-18-14-32(31-25(18)21)15-20-16-34-10-11-35-20/h6-7,12-14,17,20H,1-5,8-11,15-16H2,(H,27,33)/t20-/m0/s1. The molecule has 1 saturated carbocycles. The molecule has 2 fully saturated rings. The maximum atomic E-state index is 12.8. The van der Waals surface area contributed by atoms with Gasteiger partial charge >= 0.3 is 0 Å². The largest absolute Gasteiger partial charge is 0.376 e. The van der Waals surface area contributed by atoms with Crippen molar-refractivity contribution in [2.45, 2.75) is 57.1 Å². The van der Waals surface area contributed by atoms with Crippen LogP contribution in [0.2, 0.25) is 0 Å². The van der Waals surface area contributed by atoms with E-state index in [4.69, 9.17) is 19.6 Å². The highest BCUT2D eigenvalue weighted by atomic mass is 16.6. The summed E-state index contributed by atoms with van der Waals surface area (Å²) < 4.78 is 13.3. The molecule has 1 aliphatic heterocycles. The summed E-state index contributed by atoms with van der Waals surface area (Å²) >= 11 is 0. The number of ether oxygens (including phenoxy) is 2. The van der Waals surface area contributed by atoms with Crippen LogP contribution in [0.5, 0.6) is 0 Å². The number of aromatic nitrogens is 5. The molecule has 1 saturated heterocycles. The van der Waals surface area contributed by atoms with Crippen LogP contribution in [0.3, 0.4) is 0 Å². The van der Waals surface area contributed by atoms with Crippen LogP contribution in [-0.4, -0.2) is 63.1 Å². The van der Waals surface area contributed by atoms with Crippen LogP contribution >= 0.6 is 0 Å². The first kappa shape index (κ1) is 22.3. The number of fused-ring (bicyclic) bond motifs is 3. The molecule has 0 bridgehead atoms. The predicted molar refractivity (Wildman–Crippen MR) is 128 cm³/mol. The summed E-state index contributed by atoms with van der Waals surface area (Å²) in [6.45, 7) is 3.05. The fourth-order valence-electron chi connectivity index (χ4n) is 4.78. The third-order valence-electron chi connectivity index (χ3n) is 6.82. The van der Waals surface area contributed by atoms with Crippen LogP contribution in [0.25, 0.3) is 11.3 Å². The van der Waals surface area contributed by atoms with Gasteiger partial charge in [0.2, 0.25) is 0 Å². The van der Waals surface area contributed by atoms with Crippen molar-refractivity contribution in [2.75, 3.05) is 26.4 Å². The number of rotatable bonds is 7. The van der Waals surface area contributed by atoms with Crippen molar-refractivity contribution in [3.63, 3.8) is 0 Å². The first-order chi connectivity index (χ1) is 17.2. The molecular weight excluding hydrogens is 444 g/mol. The molecule has 1 atom stereocenters.